The number of ether oxygens (including phenoxy) is 1. The zero-order valence-corrected chi connectivity index (χ0v) is 19.5. The summed E-state index contributed by atoms with van der Waals surface area (Å²) >= 11 is 2.89. The molecule has 0 saturated carbocycles. The minimum Gasteiger partial charge on any atom is -0.478 e. The number of carboxylic acid groups (broad SMARTS) is 1. The molecule has 0 aliphatic heterocycles. The molecule has 1 aromatic carbocycles. The molecule has 4 heterocycles. The van der Waals surface area contributed by atoms with Gasteiger partial charge in [-0.15, -0.1) is 22.7 Å². The number of hydrogen-bond acceptors (Lipinski definition) is 7. The van der Waals surface area contributed by atoms with Gasteiger partial charge in [0.15, 0.2) is 0 Å². The topological polar surface area (TPSA) is 106 Å². The maximum atomic E-state index is 11.8. The summed E-state index contributed by atoms with van der Waals surface area (Å²) in [6.07, 6.45) is 1.68. The monoisotopic (exact) mass is 478 g/mol. The number of aromatic carboxylic acids is 1. The molecule has 0 fully saturated rings. The minimum atomic E-state index is -0.949. The highest BCUT2D eigenvalue weighted by Gasteiger charge is 2.19. The Balaban J connectivity index is 1.52. The summed E-state index contributed by atoms with van der Waals surface area (Å²) in [6.45, 7) is 1.79. The Morgan fingerprint density at radius 3 is 2.79 bits per heavy atom. The number of carbonyl (C=O) groups excluding carboxylic acids is 1. The van der Waals surface area contributed by atoms with Crippen LogP contribution in [0.2, 0.25) is 0 Å². The van der Waals surface area contributed by atoms with Gasteiger partial charge in [0.25, 0.3) is 5.91 Å². The Labute approximate surface area is 196 Å². The van der Waals surface area contributed by atoms with Crippen LogP contribution in [0.15, 0.2) is 41.9 Å². The Hall–Kier alpha value is -3.76. The number of pyridine rings is 1. The van der Waals surface area contributed by atoms with Crippen LogP contribution in [0.5, 0.6) is 11.5 Å². The average molecular weight is 479 g/mol. The Morgan fingerprint density at radius 2 is 2.03 bits per heavy atom. The summed E-state index contributed by atoms with van der Waals surface area (Å²) in [7, 11) is 3.41. The van der Waals surface area contributed by atoms with E-state index in [2.05, 4.69) is 15.3 Å². The van der Waals surface area contributed by atoms with Crippen molar-refractivity contribution in [1.82, 2.24) is 19.9 Å². The number of rotatable bonds is 5. The number of hydrogen-bond donors (Lipinski definition) is 2. The normalized spacial score (nSPS) is 11.2. The van der Waals surface area contributed by atoms with Gasteiger partial charge in [0.05, 0.1) is 26.2 Å². The standard InChI is InChI=1S/C23H18N4O4S2/c1-11-19(23(29)30)13-5-4-12(8-16(13)27(11)3)31-17-6-7-25-14-9-18(33-20(14)17)22-26-15(10-32-22)21(28)24-2/h4-10H,1-3H3,(H,24,28)(H,29,30). The first-order chi connectivity index (χ1) is 15.9. The molecule has 0 aliphatic rings. The van der Waals surface area contributed by atoms with Gasteiger partial charge in [-0.2, -0.15) is 0 Å². The predicted octanol–water partition coefficient (Wildman–Crippen LogP) is 5.07. The lowest BCUT2D eigenvalue weighted by Crippen LogP contribution is -2.17. The van der Waals surface area contributed by atoms with E-state index in [9.17, 15) is 14.7 Å². The number of thiazole rings is 1. The zero-order valence-electron chi connectivity index (χ0n) is 17.9. The van der Waals surface area contributed by atoms with Crippen molar-refractivity contribution in [2.24, 2.45) is 7.05 Å². The molecule has 33 heavy (non-hydrogen) atoms. The number of carbonyl (C=O) groups is 2. The number of amides is 1. The van der Waals surface area contributed by atoms with Crippen molar-refractivity contribution in [2.75, 3.05) is 7.05 Å². The van der Waals surface area contributed by atoms with Crippen molar-refractivity contribution in [3.8, 4) is 21.4 Å². The van der Waals surface area contributed by atoms with Crippen molar-refractivity contribution < 1.29 is 19.4 Å². The van der Waals surface area contributed by atoms with Crippen LogP contribution in [-0.4, -0.2) is 38.6 Å². The average Bonchev–Trinajstić information content (AvgIpc) is 3.51. The van der Waals surface area contributed by atoms with Crippen LogP contribution in [0, 0.1) is 6.92 Å². The van der Waals surface area contributed by atoms with Gasteiger partial charge in [-0.05, 0) is 25.1 Å². The van der Waals surface area contributed by atoms with Gasteiger partial charge < -0.3 is 19.7 Å². The maximum absolute atomic E-state index is 11.8. The number of nitrogens with one attached hydrogen (secondary N) is 1. The van der Waals surface area contributed by atoms with E-state index in [1.165, 1.54) is 22.7 Å². The summed E-state index contributed by atoms with van der Waals surface area (Å²) in [5, 5.41) is 15.3. The van der Waals surface area contributed by atoms with Crippen LogP contribution in [0.1, 0.15) is 26.5 Å². The van der Waals surface area contributed by atoms with Gasteiger partial charge in [-0.25, -0.2) is 9.78 Å². The molecule has 0 bridgehead atoms. The smallest absolute Gasteiger partial charge is 0.338 e. The van der Waals surface area contributed by atoms with E-state index in [4.69, 9.17) is 4.74 Å². The molecular weight excluding hydrogens is 460 g/mol. The predicted molar refractivity (Wildman–Crippen MR) is 129 cm³/mol. The molecule has 0 aliphatic carbocycles. The number of fused-ring (bicyclic) bond motifs is 2. The van der Waals surface area contributed by atoms with Crippen molar-refractivity contribution in [2.45, 2.75) is 6.92 Å². The summed E-state index contributed by atoms with van der Waals surface area (Å²) < 4.78 is 8.91. The summed E-state index contributed by atoms with van der Waals surface area (Å²) in [5.74, 6) is 0.0651. The lowest BCUT2D eigenvalue weighted by molar-refractivity contribution is 0.0697. The fourth-order valence-electron chi connectivity index (χ4n) is 3.72. The first kappa shape index (κ1) is 21.1. The summed E-state index contributed by atoms with van der Waals surface area (Å²) in [4.78, 5) is 33.3. The van der Waals surface area contributed by atoms with Crippen molar-refractivity contribution >= 4 is 55.7 Å². The van der Waals surface area contributed by atoms with Crippen molar-refractivity contribution in [3.63, 3.8) is 0 Å². The maximum Gasteiger partial charge on any atom is 0.338 e. The molecule has 2 N–H and O–H groups in total. The molecule has 0 spiro atoms. The molecular formula is C23H18N4O4S2. The van der Waals surface area contributed by atoms with E-state index in [0.717, 1.165) is 25.6 Å². The van der Waals surface area contributed by atoms with Crippen LogP contribution in [0.4, 0.5) is 0 Å². The number of nitrogens with zero attached hydrogens (tertiary/aromatic N) is 3. The Bertz CT molecular complexity index is 1560. The van der Waals surface area contributed by atoms with Gasteiger partial charge in [-0.1, -0.05) is 0 Å². The van der Waals surface area contributed by atoms with Crippen molar-refractivity contribution in [1.29, 1.82) is 0 Å². The largest absolute Gasteiger partial charge is 0.478 e. The number of aryl methyl sites for hydroxylation is 1. The van der Waals surface area contributed by atoms with Gasteiger partial charge >= 0.3 is 5.97 Å². The van der Waals surface area contributed by atoms with E-state index in [-0.39, 0.29) is 5.91 Å². The quantitative estimate of drug-likeness (QED) is 0.365. The first-order valence-corrected chi connectivity index (χ1v) is 11.6. The van der Waals surface area contributed by atoms with E-state index in [1.54, 1.807) is 43.7 Å². The van der Waals surface area contributed by atoms with Crippen LogP contribution in [0.25, 0.3) is 31.0 Å². The molecule has 0 atom stereocenters. The molecule has 10 heteroatoms. The molecule has 5 rings (SSSR count). The highest BCUT2D eigenvalue weighted by atomic mass is 32.1. The van der Waals surface area contributed by atoms with Crippen LogP contribution in [-0.2, 0) is 7.05 Å². The Morgan fingerprint density at radius 1 is 1.21 bits per heavy atom. The second kappa shape index (κ2) is 7.98. The van der Waals surface area contributed by atoms with Crippen LogP contribution < -0.4 is 10.1 Å². The minimum absolute atomic E-state index is 0.224. The number of benzene rings is 1. The third-order valence-corrected chi connectivity index (χ3v) is 7.61. The highest BCUT2D eigenvalue weighted by Crippen LogP contribution is 2.40. The molecule has 0 unspecified atom stereocenters. The zero-order chi connectivity index (χ0) is 23.3. The van der Waals surface area contributed by atoms with E-state index >= 15 is 0 Å². The highest BCUT2D eigenvalue weighted by molar-refractivity contribution is 7.25. The van der Waals surface area contributed by atoms with Gasteiger partial charge in [0, 0.05) is 48.9 Å². The molecule has 0 saturated heterocycles. The fraction of sp³-hybridized carbons (Fsp3) is 0.130. The molecule has 4 aromatic heterocycles. The summed E-state index contributed by atoms with van der Waals surface area (Å²) in [5.41, 5.74) is 2.92. The van der Waals surface area contributed by atoms with Gasteiger partial charge in [0.1, 0.15) is 22.2 Å². The molecule has 1 amide bonds. The summed E-state index contributed by atoms with van der Waals surface area (Å²) in [6, 6.07) is 9.11. The van der Waals surface area contributed by atoms with Crippen LogP contribution in [0.3, 0.4) is 0 Å². The third kappa shape index (κ3) is 3.53. The second-order valence-electron chi connectivity index (χ2n) is 7.36. The SMILES string of the molecule is CNC(=O)c1csc(-c2cc3nccc(Oc4ccc5c(C(=O)O)c(C)n(C)c5c4)c3s2)n1. The number of thiophene rings is 1. The Kier molecular flexibility index (Phi) is 5.10. The van der Waals surface area contributed by atoms with E-state index in [0.29, 0.717) is 33.8 Å². The lowest BCUT2D eigenvalue weighted by Gasteiger charge is -2.07. The fourth-order valence-corrected chi connectivity index (χ4v) is 5.65. The van der Waals surface area contributed by atoms with Gasteiger partial charge in [0.2, 0.25) is 0 Å². The van der Waals surface area contributed by atoms with Crippen molar-refractivity contribution in [3.05, 3.63) is 58.9 Å². The third-order valence-electron chi connectivity index (χ3n) is 5.46. The molecule has 0 radical (unpaired) electrons. The molecule has 8 nitrogen and oxygen atoms in total. The molecule has 5 aromatic rings. The lowest BCUT2D eigenvalue weighted by atomic mass is 10.1. The first-order valence-electron chi connectivity index (χ1n) is 9.94. The van der Waals surface area contributed by atoms with Crippen LogP contribution >= 0.6 is 22.7 Å². The number of carboxylic acids is 1. The second-order valence-corrected chi connectivity index (χ2v) is 9.27. The number of aromatic nitrogens is 3. The van der Waals surface area contributed by atoms with E-state index in [1.807, 2.05) is 23.7 Å². The van der Waals surface area contributed by atoms with Gasteiger partial charge in [-0.3, -0.25) is 9.78 Å². The van der Waals surface area contributed by atoms with E-state index < -0.39 is 5.97 Å². The molecule has 166 valence electrons.